The monoisotopic (exact) mass is 275 g/mol. The lowest BCUT2D eigenvalue weighted by Crippen LogP contribution is -2.54. The largest absolute Gasteiger partial charge is 0.394 e. The zero-order valence-electron chi connectivity index (χ0n) is 10.2. The molecule has 0 amide bonds. The smallest absolute Gasteiger partial charge is 0.224 e. The van der Waals surface area contributed by atoms with Gasteiger partial charge in [-0.2, -0.15) is 4.98 Å². The van der Waals surface area contributed by atoms with Crippen LogP contribution in [0.5, 0.6) is 0 Å². The van der Waals surface area contributed by atoms with E-state index in [4.69, 9.17) is 16.3 Å². The molecule has 7 heteroatoms. The molecule has 1 aliphatic rings. The van der Waals surface area contributed by atoms with Crippen molar-refractivity contribution >= 4 is 17.4 Å². The van der Waals surface area contributed by atoms with Gasteiger partial charge in [-0.1, -0.05) is 0 Å². The highest BCUT2D eigenvalue weighted by atomic mass is 35.5. The third-order valence-electron chi connectivity index (χ3n) is 2.68. The molecule has 1 atom stereocenters. The highest BCUT2D eigenvalue weighted by molar-refractivity contribution is 6.28. The van der Waals surface area contributed by atoms with Crippen molar-refractivity contribution in [1.82, 2.24) is 9.97 Å². The average molecular weight is 276 g/mol. The standard InChI is InChI=1S/C11H15ClFN3O2/c1-11(2)6-16(4-7(5-17)18-11)9-8(13)3-14-10(12)15-9/h3,7,17H,4-6H2,1-2H3. The van der Waals surface area contributed by atoms with Gasteiger partial charge >= 0.3 is 0 Å². The zero-order chi connectivity index (χ0) is 13.3. The maximum atomic E-state index is 13.7. The van der Waals surface area contributed by atoms with Crippen LogP contribution in [-0.4, -0.2) is 46.5 Å². The van der Waals surface area contributed by atoms with E-state index in [1.807, 2.05) is 13.8 Å². The second-order valence-electron chi connectivity index (χ2n) is 4.87. The van der Waals surface area contributed by atoms with E-state index in [0.717, 1.165) is 6.20 Å². The second kappa shape index (κ2) is 4.95. The van der Waals surface area contributed by atoms with Crippen molar-refractivity contribution in [3.05, 3.63) is 17.3 Å². The molecule has 1 saturated heterocycles. The molecule has 1 fully saturated rings. The van der Waals surface area contributed by atoms with Gasteiger partial charge in [-0.25, -0.2) is 9.37 Å². The van der Waals surface area contributed by atoms with Crippen LogP contribution < -0.4 is 4.90 Å². The topological polar surface area (TPSA) is 58.5 Å². The molecule has 0 spiro atoms. The van der Waals surface area contributed by atoms with Gasteiger partial charge in [0.1, 0.15) is 0 Å². The van der Waals surface area contributed by atoms with Crippen LogP contribution in [0.3, 0.4) is 0 Å². The minimum atomic E-state index is -0.534. The first kappa shape index (κ1) is 13.5. The van der Waals surface area contributed by atoms with Crippen molar-refractivity contribution in [2.45, 2.75) is 25.6 Å². The first-order valence-electron chi connectivity index (χ1n) is 5.63. The summed E-state index contributed by atoms with van der Waals surface area (Å²) in [6.07, 6.45) is 0.669. The molecule has 0 saturated carbocycles. The van der Waals surface area contributed by atoms with Gasteiger partial charge in [-0.15, -0.1) is 0 Å². The van der Waals surface area contributed by atoms with Crippen molar-refractivity contribution in [1.29, 1.82) is 0 Å². The maximum Gasteiger partial charge on any atom is 0.224 e. The SMILES string of the molecule is CC1(C)CN(c2nc(Cl)ncc2F)CC(CO)O1. The molecule has 18 heavy (non-hydrogen) atoms. The number of hydrogen-bond acceptors (Lipinski definition) is 5. The Kier molecular flexibility index (Phi) is 3.70. The van der Waals surface area contributed by atoms with Crippen LogP contribution in [0.4, 0.5) is 10.2 Å². The number of anilines is 1. The number of aliphatic hydroxyl groups excluding tert-OH is 1. The number of morpholine rings is 1. The zero-order valence-corrected chi connectivity index (χ0v) is 11.0. The van der Waals surface area contributed by atoms with Crippen molar-refractivity contribution < 1.29 is 14.2 Å². The molecule has 2 rings (SSSR count). The Morgan fingerprint density at radius 1 is 1.67 bits per heavy atom. The van der Waals surface area contributed by atoms with Crippen LogP contribution in [-0.2, 0) is 4.74 Å². The number of aromatic nitrogens is 2. The van der Waals surface area contributed by atoms with E-state index < -0.39 is 11.4 Å². The lowest BCUT2D eigenvalue weighted by atomic mass is 10.1. The number of ether oxygens (including phenoxy) is 1. The van der Waals surface area contributed by atoms with Gasteiger partial charge in [0.15, 0.2) is 11.6 Å². The van der Waals surface area contributed by atoms with Crippen molar-refractivity contribution in [3.8, 4) is 0 Å². The van der Waals surface area contributed by atoms with Crippen LogP contribution in [0.1, 0.15) is 13.8 Å². The number of aliphatic hydroxyl groups is 1. The predicted molar refractivity (Wildman–Crippen MR) is 65.3 cm³/mol. The maximum absolute atomic E-state index is 13.7. The molecule has 0 bridgehead atoms. The summed E-state index contributed by atoms with van der Waals surface area (Å²) in [6, 6.07) is 0. The summed E-state index contributed by atoms with van der Waals surface area (Å²) in [6.45, 7) is 4.46. The Labute approximate surface area is 110 Å². The molecule has 2 heterocycles. The van der Waals surface area contributed by atoms with Crippen LogP contribution in [0.2, 0.25) is 5.28 Å². The van der Waals surface area contributed by atoms with Crippen LogP contribution in [0, 0.1) is 5.82 Å². The highest BCUT2D eigenvalue weighted by Gasteiger charge is 2.34. The number of nitrogens with zero attached hydrogens (tertiary/aromatic N) is 3. The van der Waals surface area contributed by atoms with Gasteiger partial charge in [-0.3, -0.25) is 0 Å². The highest BCUT2D eigenvalue weighted by Crippen LogP contribution is 2.26. The van der Waals surface area contributed by atoms with Gasteiger partial charge in [0, 0.05) is 13.1 Å². The minimum absolute atomic E-state index is 0.00348. The molecule has 0 aromatic carbocycles. The van der Waals surface area contributed by atoms with E-state index in [-0.39, 0.29) is 23.8 Å². The van der Waals surface area contributed by atoms with E-state index in [1.165, 1.54) is 0 Å². The molecule has 100 valence electrons. The molecule has 5 nitrogen and oxygen atoms in total. The normalized spacial score (nSPS) is 23.2. The Balaban J connectivity index is 2.29. The number of rotatable bonds is 2. The molecular weight excluding hydrogens is 261 g/mol. The fraction of sp³-hybridized carbons (Fsp3) is 0.636. The quantitative estimate of drug-likeness (QED) is 0.823. The Bertz CT molecular complexity index is 444. The fourth-order valence-electron chi connectivity index (χ4n) is 2.11. The van der Waals surface area contributed by atoms with E-state index in [1.54, 1.807) is 4.90 Å². The molecular formula is C11H15ClFN3O2. The number of halogens is 2. The second-order valence-corrected chi connectivity index (χ2v) is 5.21. The Morgan fingerprint density at radius 3 is 3.06 bits per heavy atom. The van der Waals surface area contributed by atoms with E-state index in [2.05, 4.69) is 9.97 Å². The Morgan fingerprint density at radius 2 is 2.39 bits per heavy atom. The molecule has 0 aliphatic carbocycles. The third kappa shape index (κ3) is 2.88. The third-order valence-corrected chi connectivity index (χ3v) is 2.86. The molecule has 0 radical (unpaired) electrons. The van der Waals surface area contributed by atoms with Crippen LogP contribution in [0.15, 0.2) is 6.20 Å². The molecule has 1 unspecified atom stereocenters. The average Bonchev–Trinajstić information content (AvgIpc) is 2.30. The molecule has 1 aromatic rings. The van der Waals surface area contributed by atoms with Gasteiger partial charge in [0.25, 0.3) is 0 Å². The van der Waals surface area contributed by atoms with E-state index >= 15 is 0 Å². The lowest BCUT2D eigenvalue weighted by Gasteiger charge is -2.42. The predicted octanol–water partition coefficient (Wildman–Crippen LogP) is 1.25. The summed E-state index contributed by atoms with van der Waals surface area (Å²) in [5.41, 5.74) is -0.491. The summed E-state index contributed by atoms with van der Waals surface area (Å²) in [4.78, 5) is 9.20. The van der Waals surface area contributed by atoms with Crippen molar-refractivity contribution in [2.75, 3.05) is 24.6 Å². The molecule has 1 N–H and O–H groups in total. The Hall–Kier alpha value is -0.980. The number of hydrogen-bond donors (Lipinski definition) is 1. The summed E-state index contributed by atoms with van der Waals surface area (Å²) >= 11 is 5.68. The fourth-order valence-corrected chi connectivity index (χ4v) is 2.24. The first-order valence-corrected chi connectivity index (χ1v) is 6.01. The lowest BCUT2D eigenvalue weighted by molar-refractivity contribution is -0.101. The van der Waals surface area contributed by atoms with Gasteiger partial charge in [0.2, 0.25) is 5.28 Å². The van der Waals surface area contributed by atoms with E-state index in [0.29, 0.717) is 13.1 Å². The van der Waals surface area contributed by atoms with E-state index in [9.17, 15) is 9.50 Å². The van der Waals surface area contributed by atoms with Crippen LogP contribution in [0.25, 0.3) is 0 Å². The minimum Gasteiger partial charge on any atom is -0.394 e. The van der Waals surface area contributed by atoms with Gasteiger partial charge in [0.05, 0.1) is 24.5 Å². The summed E-state index contributed by atoms with van der Waals surface area (Å²) in [5.74, 6) is -0.390. The van der Waals surface area contributed by atoms with Gasteiger partial charge < -0.3 is 14.7 Å². The van der Waals surface area contributed by atoms with Gasteiger partial charge in [-0.05, 0) is 25.4 Å². The molecule has 1 aromatic heterocycles. The summed E-state index contributed by atoms with van der Waals surface area (Å²) in [5, 5.41) is 9.20. The summed E-state index contributed by atoms with van der Waals surface area (Å²) < 4.78 is 19.4. The van der Waals surface area contributed by atoms with Crippen molar-refractivity contribution in [3.63, 3.8) is 0 Å². The first-order chi connectivity index (χ1) is 8.41. The molecule has 1 aliphatic heterocycles. The van der Waals surface area contributed by atoms with Crippen LogP contribution >= 0.6 is 11.6 Å². The summed E-state index contributed by atoms with van der Waals surface area (Å²) in [7, 11) is 0. The van der Waals surface area contributed by atoms with Crippen molar-refractivity contribution in [2.24, 2.45) is 0 Å².